The maximum Gasteiger partial charge on any atom is 0.252 e. The molecule has 92 valence electrons. The van der Waals surface area contributed by atoms with Crippen molar-refractivity contribution >= 4 is 5.91 Å². The predicted molar refractivity (Wildman–Crippen MR) is 70.9 cm³/mol. The van der Waals surface area contributed by atoms with E-state index < -0.39 is 5.91 Å². The lowest BCUT2D eigenvalue weighted by Crippen LogP contribution is -2.14. The molecule has 0 aliphatic carbocycles. The van der Waals surface area contributed by atoms with Crippen LogP contribution in [0.15, 0.2) is 48.5 Å². The molecule has 1 amide bonds. The summed E-state index contributed by atoms with van der Waals surface area (Å²) in [7, 11) is 0. The summed E-state index contributed by atoms with van der Waals surface area (Å²) in [5.74, 6) is 0.736. The van der Waals surface area contributed by atoms with Gasteiger partial charge in [-0.2, -0.15) is 0 Å². The van der Waals surface area contributed by atoms with Crippen molar-refractivity contribution < 1.29 is 9.53 Å². The Morgan fingerprint density at radius 1 is 1.11 bits per heavy atom. The topological polar surface area (TPSA) is 52.3 Å². The first-order valence-electron chi connectivity index (χ1n) is 5.87. The average Bonchev–Trinajstić information content (AvgIpc) is 2.39. The van der Waals surface area contributed by atoms with Crippen molar-refractivity contribution in [2.45, 2.75) is 13.3 Å². The van der Waals surface area contributed by atoms with Crippen LogP contribution in [0.4, 0.5) is 0 Å². The Balaban J connectivity index is 2.42. The number of primary amides is 1. The Bertz CT molecular complexity index is 550. The third-order valence-electron chi connectivity index (χ3n) is 2.71. The van der Waals surface area contributed by atoms with E-state index >= 15 is 0 Å². The van der Waals surface area contributed by atoms with Gasteiger partial charge in [-0.1, -0.05) is 37.3 Å². The van der Waals surface area contributed by atoms with Crippen molar-refractivity contribution in [3.8, 4) is 11.5 Å². The average molecular weight is 241 g/mol. The van der Waals surface area contributed by atoms with Gasteiger partial charge in [0.1, 0.15) is 11.5 Å². The number of para-hydroxylation sites is 1. The van der Waals surface area contributed by atoms with Crippen LogP contribution in [-0.4, -0.2) is 5.91 Å². The van der Waals surface area contributed by atoms with Crippen LogP contribution < -0.4 is 10.5 Å². The largest absolute Gasteiger partial charge is 0.457 e. The van der Waals surface area contributed by atoms with Crippen molar-refractivity contribution in [1.29, 1.82) is 0 Å². The zero-order valence-electron chi connectivity index (χ0n) is 10.2. The maximum atomic E-state index is 11.5. The highest BCUT2D eigenvalue weighted by molar-refractivity contribution is 5.97. The van der Waals surface area contributed by atoms with Crippen LogP contribution in [0.3, 0.4) is 0 Å². The molecule has 0 bridgehead atoms. The molecule has 0 atom stereocenters. The van der Waals surface area contributed by atoms with E-state index in [9.17, 15) is 4.79 Å². The second-order valence-electron chi connectivity index (χ2n) is 3.92. The standard InChI is InChI=1S/C15H15NO2/c1-2-11-7-6-10-13(14(11)15(16)17)18-12-8-4-3-5-9-12/h3-10H,2H2,1H3,(H2,16,17). The maximum absolute atomic E-state index is 11.5. The normalized spacial score (nSPS) is 10.1. The summed E-state index contributed by atoms with van der Waals surface area (Å²) in [5, 5.41) is 0. The quantitative estimate of drug-likeness (QED) is 0.894. The molecule has 3 heteroatoms. The molecule has 0 unspecified atom stereocenters. The second-order valence-corrected chi connectivity index (χ2v) is 3.92. The number of carbonyl (C=O) groups is 1. The smallest absolute Gasteiger partial charge is 0.252 e. The van der Waals surface area contributed by atoms with Crippen LogP contribution in [0.25, 0.3) is 0 Å². The van der Waals surface area contributed by atoms with Crippen molar-refractivity contribution in [3.63, 3.8) is 0 Å². The fourth-order valence-electron chi connectivity index (χ4n) is 1.85. The van der Waals surface area contributed by atoms with Crippen LogP contribution >= 0.6 is 0 Å². The van der Waals surface area contributed by atoms with E-state index in [4.69, 9.17) is 10.5 Å². The molecule has 0 aromatic heterocycles. The van der Waals surface area contributed by atoms with Gasteiger partial charge >= 0.3 is 0 Å². The van der Waals surface area contributed by atoms with Gasteiger partial charge in [0.25, 0.3) is 5.91 Å². The fourth-order valence-corrected chi connectivity index (χ4v) is 1.85. The lowest BCUT2D eigenvalue weighted by molar-refractivity contribution is 0.0997. The van der Waals surface area contributed by atoms with Gasteiger partial charge in [-0.3, -0.25) is 4.79 Å². The second kappa shape index (κ2) is 5.36. The molecule has 2 N–H and O–H groups in total. The van der Waals surface area contributed by atoms with E-state index in [-0.39, 0.29) is 0 Å². The minimum Gasteiger partial charge on any atom is -0.457 e. The molecule has 0 radical (unpaired) electrons. The molecule has 18 heavy (non-hydrogen) atoms. The van der Waals surface area contributed by atoms with Crippen molar-refractivity contribution in [2.75, 3.05) is 0 Å². The van der Waals surface area contributed by atoms with Gasteiger partial charge in [-0.15, -0.1) is 0 Å². The SMILES string of the molecule is CCc1cccc(Oc2ccccc2)c1C(N)=O. The number of carbonyl (C=O) groups excluding carboxylic acids is 1. The van der Waals surface area contributed by atoms with Gasteiger partial charge in [0.05, 0.1) is 5.56 Å². The summed E-state index contributed by atoms with van der Waals surface area (Å²) < 4.78 is 5.71. The lowest BCUT2D eigenvalue weighted by atomic mass is 10.0. The first-order valence-corrected chi connectivity index (χ1v) is 5.87. The Labute approximate surface area is 106 Å². The van der Waals surface area contributed by atoms with E-state index in [1.807, 2.05) is 49.4 Å². The molecule has 0 heterocycles. The molecule has 0 aliphatic rings. The summed E-state index contributed by atoms with van der Waals surface area (Å²) in [6, 6.07) is 14.8. The van der Waals surface area contributed by atoms with E-state index in [1.165, 1.54) is 0 Å². The molecule has 2 aromatic carbocycles. The molecule has 0 fully saturated rings. The predicted octanol–water partition coefficient (Wildman–Crippen LogP) is 3.14. The Kier molecular flexibility index (Phi) is 3.63. The fraction of sp³-hybridized carbons (Fsp3) is 0.133. The number of hydrogen-bond donors (Lipinski definition) is 1. The zero-order valence-corrected chi connectivity index (χ0v) is 10.2. The van der Waals surface area contributed by atoms with Gasteiger partial charge in [0.2, 0.25) is 0 Å². The third kappa shape index (κ3) is 2.51. The van der Waals surface area contributed by atoms with Crippen LogP contribution in [0, 0.1) is 0 Å². The summed E-state index contributed by atoms with van der Waals surface area (Å²) in [6.45, 7) is 1.98. The molecule has 0 saturated carbocycles. The monoisotopic (exact) mass is 241 g/mol. The molecule has 3 nitrogen and oxygen atoms in total. The summed E-state index contributed by atoms with van der Waals surface area (Å²) >= 11 is 0. The molecular formula is C15H15NO2. The number of nitrogens with two attached hydrogens (primary N) is 1. The van der Waals surface area contributed by atoms with Gasteiger partial charge < -0.3 is 10.5 Å². The van der Waals surface area contributed by atoms with Crippen LogP contribution in [0.2, 0.25) is 0 Å². The molecule has 0 spiro atoms. The Hall–Kier alpha value is -2.29. The highest BCUT2D eigenvalue weighted by atomic mass is 16.5. The molecule has 2 aromatic rings. The summed E-state index contributed by atoms with van der Waals surface area (Å²) in [6.07, 6.45) is 0.740. The van der Waals surface area contributed by atoms with Crippen molar-refractivity contribution in [2.24, 2.45) is 5.73 Å². The van der Waals surface area contributed by atoms with Gasteiger partial charge in [0, 0.05) is 0 Å². The minimum atomic E-state index is -0.460. The zero-order chi connectivity index (χ0) is 13.0. The Morgan fingerprint density at radius 3 is 2.44 bits per heavy atom. The van der Waals surface area contributed by atoms with Crippen molar-refractivity contribution in [1.82, 2.24) is 0 Å². The summed E-state index contributed by atoms with van der Waals surface area (Å²) in [5.41, 5.74) is 6.79. The molecule has 2 rings (SSSR count). The van der Waals surface area contributed by atoms with E-state index in [0.29, 0.717) is 17.1 Å². The number of hydrogen-bond acceptors (Lipinski definition) is 2. The minimum absolute atomic E-state index is 0.460. The lowest BCUT2D eigenvalue weighted by Gasteiger charge is -2.12. The van der Waals surface area contributed by atoms with Gasteiger partial charge in [-0.05, 0) is 30.2 Å². The van der Waals surface area contributed by atoms with E-state index in [2.05, 4.69) is 0 Å². The van der Waals surface area contributed by atoms with Crippen LogP contribution in [0.1, 0.15) is 22.8 Å². The van der Waals surface area contributed by atoms with Crippen LogP contribution in [0.5, 0.6) is 11.5 Å². The summed E-state index contributed by atoms with van der Waals surface area (Å²) in [4.78, 5) is 11.5. The van der Waals surface area contributed by atoms with E-state index in [1.54, 1.807) is 6.07 Å². The van der Waals surface area contributed by atoms with Crippen molar-refractivity contribution in [3.05, 3.63) is 59.7 Å². The molecular weight excluding hydrogens is 226 g/mol. The van der Waals surface area contributed by atoms with Gasteiger partial charge in [0.15, 0.2) is 0 Å². The highest BCUT2D eigenvalue weighted by Crippen LogP contribution is 2.27. The van der Waals surface area contributed by atoms with Crippen LogP contribution in [-0.2, 0) is 6.42 Å². The number of amides is 1. The number of aryl methyl sites for hydroxylation is 1. The van der Waals surface area contributed by atoms with E-state index in [0.717, 1.165) is 12.0 Å². The molecule has 0 saturated heterocycles. The highest BCUT2D eigenvalue weighted by Gasteiger charge is 2.14. The first kappa shape index (κ1) is 12.2. The Morgan fingerprint density at radius 2 is 1.83 bits per heavy atom. The first-order chi connectivity index (χ1) is 8.72. The third-order valence-corrected chi connectivity index (χ3v) is 2.71. The molecule has 0 aliphatic heterocycles. The number of benzene rings is 2. The number of ether oxygens (including phenoxy) is 1. The number of rotatable bonds is 4. The van der Waals surface area contributed by atoms with Gasteiger partial charge in [-0.25, -0.2) is 0 Å².